The summed E-state index contributed by atoms with van der Waals surface area (Å²) in [5, 5.41) is 4.62. The monoisotopic (exact) mass is 378 g/mol. The zero-order valence-electron chi connectivity index (χ0n) is 14.9. The van der Waals surface area contributed by atoms with Crippen molar-refractivity contribution in [3.8, 4) is 0 Å². The number of halogens is 1. The highest BCUT2D eigenvalue weighted by atomic mass is 32.2. The standard InChI is InChI=1S/C18H23FN4O2S/c1-21-18-13-23(26(24,25)15-7-5-6-14(19)10-15)11-16(18)17(20-21)12-22-8-3-2-4-9-22/h5-7,10H,2-4,8-9,11-13H2,1H3. The Morgan fingerprint density at radius 1 is 1.15 bits per heavy atom. The first-order valence-electron chi connectivity index (χ1n) is 8.97. The summed E-state index contributed by atoms with van der Waals surface area (Å²) < 4.78 is 42.4. The Morgan fingerprint density at radius 3 is 2.65 bits per heavy atom. The van der Waals surface area contributed by atoms with Crippen LogP contribution in [0.1, 0.15) is 36.2 Å². The van der Waals surface area contributed by atoms with Gasteiger partial charge in [0.05, 0.1) is 22.8 Å². The summed E-state index contributed by atoms with van der Waals surface area (Å²) in [6.45, 7) is 3.47. The fraction of sp³-hybridized carbons (Fsp3) is 0.500. The number of likely N-dealkylation sites (tertiary alicyclic amines) is 1. The maximum Gasteiger partial charge on any atom is 0.243 e. The molecule has 4 rings (SSSR count). The normalized spacial score (nSPS) is 19.0. The predicted molar refractivity (Wildman–Crippen MR) is 95.2 cm³/mol. The zero-order chi connectivity index (χ0) is 18.3. The molecule has 1 fully saturated rings. The van der Waals surface area contributed by atoms with Crippen molar-refractivity contribution in [2.45, 2.75) is 43.8 Å². The highest BCUT2D eigenvalue weighted by Crippen LogP contribution is 2.31. The van der Waals surface area contributed by atoms with E-state index in [-0.39, 0.29) is 11.4 Å². The molecule has 6 nitrogen and oxygen atoms in total. The van der Waals surface area contributed by atoms with Crippen molar-refractivity contribution >= 4 is 10.0 Å². The third kappa shape index (κ3) is 3.17. The van der Waals surface area contributed by atoms with Gasteiger partial charge in [-0.15, -0.1) is 0 Å². The quantitative estimate of drug-likeness (QED) is 0.819. The molecule has 1 aromatic carbocycles. The van der Waals surface area contributed by atoms with Crippen molar-refractivity contribution in [1.29, 1.82) is 0 Å². The highest BCUT2D eigenvalue weighted by Gasteiger charge is 2.35. The van der Waals surface area contributed by atoms with Gasteiger partial charge >= 0.3 is 0 Å². The van der Waals surface area contributed by atoms with Gasteiger partial charge in [0.2, 0.25) is 10.0 Å². The molecule has 0 atom stereocenters. The van der Waals surface area contributed by atoms with Crippen LogP contribution in [0.3, 0.4) is 0 Å². The third-order valence-corrected chi connectivity index (χ3v) is 7.06. The number of benzene rings is 1. The van der Waals surface area contributed by atoms with E-state index in [1.807, 2.05) is 7.05 Å². The number of hydrogen-bond donors (Lipinski definition) is 0. The van der Waals surface area contributed by atoms with Crippen LogP contribution >= 0.6 is 0 Å². The molecule has 0 amide bonds. The Morgan fingerprint density at radius 2 is 1.92 bits per heavy atom. The first-order chi connectivity index (χ1) is 12.4. The van der Waals surface area contributed by atoms with Crippen LogP contribution in [0.2, 0.25) is 0 Å². The van der Waals surface area contributed by atoms with E-state index < -0.39 is 15.8 Å². The van der Waals surface area contributed by atoms with E-state index >= 15 is 0 Å². The molecule has 3 heterocycles. The molecule has 140 valence electrons. The topological polar surface area (TPSA) is 58.4 Å². The van der Waals surface area contributed by atoms with Crippen molar-refractivity contribution in [1.82, 2.24) is 19.0 Å². The zero-order valence-corrected chi connectivity index (χ0v) is 15.7. The maximum atomic E-state index is 13.5. The number of hydrogen-bond acceptors (Lipinski definition) is 4. The van der Waals surface area contributed by atoms with Crippen LogP contribution in [0.5, 0.6) is 0 Å². The van der Waals surface area contributed by atoms with Crippen LogP contribution in [0.25, 0.3) is 0 Å². The van der Waals surface area contributed by atoms with Gasteiger partial charge in [-0.05, 0) is 44.1 Å². The lowest BCUT2D eigenvalue weighted by atomic mass is 10.1. The molecule has 1 aromatic heterocycles. The number of rotatable bonds is 4. The first-order valence-corrected chi connectivity index (χ1v) is 10.4. The van der Waals surface area contributed by atoms with Gasteiger partial charge < -0.3 is 0 Å². The molecule has 0 N–H and O–H groups in total. The van der Waals surface area contributed by atoms with E-state index in [1.165, 1.54) is 41.8 Å². The molecule has 0 spiro atoms. The van der Waals surface area contributed by atoms with E-state index in [0.717, 1.165) is 42.7 Å². The average Bonchev–Trinajstić information content (AvgIpc) is 3.18. The smallest absolute Gasteiger partial charge is 0.243 e. The van der Waals surface area contributed by atoms with Gasteiger partial charge in [-0.25, -0.2) is 12.8 Å². The van der Waals surface area contributed by atoms with Crippen molar-refractivity contribution in [3.63, 3.8) is 0 Å². The molecule has 2 aromatic rings. The first kappa shape index (κ1) is 17.6. The van der Waals surface area contributed by atoms with E-state index in [4.69, 9.17) is 0 Å². The Kier molecular flexibility index (Phi) is 4.58. The Labute approximate surface area is 153 Å². The molecule has 0 aliphatic carbocycles. The SMILES string of the molecule is Cn1nc(CN2CCCCC2)c2c1CN(S(=O)(=O)c1cccc(F)c1)C2. The van der Waals surface area contributed by atoms with Crippen molar-refractivity contribution < 1.29 is 12.8 Å². The van der Waals surface area contributed by atoms with Crippen LogP contribution < -0.4 is 0 Å². The van der Waals surface area contributed by atoms with Crippen molar-refractivity contribution in [3.05, 3.63) is 47.0 Å². The molecular formula is C18H23FN4O2S. The lowest BCUT2D eigenvalue weighted by Crippen LogP contribution is -2.30. The molecule has 2 aliphatic rings. The van der Waals surface area contributed by atoms with Gasteiger partial charge in [-0.3, -0.25) is 9.58 Å². The maximum absolute atomic E-state index is 13.5. The number of aromatic nitrogens is 2. The summed E-state index contributed by atoms with van der Waals surface area (Å²) in [7, 11) is -1.87. The molecule has 0 unspecified atom stereocenters. The van der Waals surface area contributed by atoms with Crippen LogP contribution in [0.4, 0.5) is 4.39 Å². The summed E-state index contributed by atoms with van der Waals surface area (Å²) in [5.74, 6) is -0.546. The minimum atomic E-state index is -3.73. The second-order valence-corrected chi connectivity index (χ2v) is 9.00. The second kappa shape index (κ2) is 6.75. The summed E-state index contributed by atoms with van der Waals surface area (Å²) in [6, 6.07) is 5.19. The number of nitrogens with zero attached hydrogens (tertiary/aromatic N) is 4. The third-order valence-electron chi connectivity index (χ3n) is 5.27. The van der Waals surface area contributed by atoms with E-state index in [0.29, 0.717) is 6.54 Å². The van der Waals surface area contributed by atoms with Gasteiger partial charge in [0.15, 0.2) is 0 Å². The molecular weight excluding hydrogens is 355 g/mol. The molecule has 0 saturated carbocycles. The summed E-state index contributed by atoms with van der Waals surface area (Å²) in [4.78, 5) is 2.38. The lowest BCUT2D eigenvalue weighted by Gasteiger charge is -2.26. The van der Waals surface area contributed by atoms with Crippen molar-refractivity contribution in [2.24, 2.45) is 7.05 Å². The Balaban J connectivity index is 1.58. The largest absolute Gasteiger partial charge is 0.297 e. The van der Waals surface area contributed by atoms with Gasteiger partial charge in [0.1, 0.15) is 5.82 Å². The summed E-state index contributed by atoms with van der Waals surface area (Å²) >= 11 is 0. The molecule has 0 bridgehead atoms. The van der Waals surface area contributed by atoms with Crippen LogP contribution in [0, 0.1) is 5.82 Å². The van der Waals surface area contributed by atoms with Crippen LogP contribution in [0.15, 0.2) is 29.2 Å². The Bertz CT molecular complexity index is 919. The molecule has 1 saturated heterocycles. The number of piperidine rings is 1. The Hall–Kier alpha value is -1.77. The van der Waals surface area contributed by atoms with Crippen molar-refractivity contribution in [2.75, 3.05) is 13.1 Å². The van der Waals surface area contributed by atoms with Crippen LogP contribution in [-0.2, 0) is 36.7 Å². The number of sulfonamides is 1. The van der Waals surface area contributed by atoms with Gasteiger partial charge in [0.25, 0.3) is 0 Å². The molecule has 26 heavy (non-hydrogen) atoms. The highest BCUT2D eigenvalue weighted by molar-refractivity contribution is 7.89. The van der Waals surface area contributed by atoms with E-state index in [9.17, 15) is 12.8 Å². The fourth-order valence-electron chi connectivity index (χ4n) is 3.85. The fourth-order valence-corrected chi connectivity index (χ4v) is 5.25. The molecule has 2 aliphatic heterocycles. The summed E-state index contributed by atoms with van der Waals surface area (Å²) in [6.07, 6.45) is 3.68. The minimum absolute atomic E-state index is 0.00385. The lowest BCUT2D eigenvalue weighted by molar-refractivity contribution is 0.217. The summed E-state index contributed by atoms with van der Waals surface area (Å²) in [5.41, 5.74) is 2.89. The molecule has 0 radical (unpaired) electrons. The predicted octanol–water partition coefficient (Wildman–Crippen LogP) is 2.25. The van der Waals surface area contributed by atoms with Gasteiger partial charge in [-0.1, -0.05) is 12.5 Å². The second-order valence-electron chi connectivity index (χ2n) is 7.06. The van der Waals surface area contributed by atoms with E-state index in [2.05, 4.69) is 10.00 Å². The number of aryl methyl sites for hydroxylation is 1. The van der Waals surface area contributed by atoms with E-state index in [1.54, 1.807) is 4.68 Å². The van der Waals surface area contributed by atoms with Crippen LogP contribution in [-0.4, -0.2) is 40.5 Å². The van der Waals surface area contributed by atoms with Gasteiger partial charge in [0, 0.05) is 25.7 Å². The number of fused-ring (bicyclic) bond motifs is 1. The molecule has 8 heteroatoms. The van der Waals surface area contributed by atoms with Gasteiger partial charge in [-0.2, -0.15) is 9.40 Å². The average molecular weight is 378 g/mol. The minimum Gasteiger partial charge on any atom is -0.297 e.